The summed E-state index contributed by atoms with van der Waals surface area (Å²) in [6.07, 6.45) is 0. The molecule has 5 nitrogen and oxygen atoms in total. The van der Waals surface area contributed by atoms with Crippen molar-refractivity contribution in [2.75, 3.05) is 13.1 Å². The summed E-state index contributed by atoms with van der Waals surface area (Å²) in [5, 5.41) is 9.01. The summed E-state index contributed by atoms with van der Waals surface area (Å²) < 4.78 is 0. The number of rotatable bonds is 4. The number of hydrogen-bond donors (Lipinski definition) is 0. The number of imide groups is 1. The van der Waals surface area contributed by atoms with Gasteiger partial charge < -0.3 is 0 Å². The minimum atomic E-state index is -0.245. The van der Waals surface area contributed by atoms with Crippen molar-refractivity contribution in [3.05, 3.63) is 71.3 Å². The summed E-state index contributed by atoms with van der Waals surface area (Å²) in [5.74, 6) is -0.661. The third-order valence-corrected chi connectivity index (χ3v) is 5.21. The second-order valence-corrected chi connectivity index (χ2v) is 6.97. The Morgan fingerprint density at radius 3 is 2.19 bits per heavy atom. The van der Waals surface area contributed by atoms with E-state index in [1.807, 2.05) is 24.3 Å². The average molecular weight is 345 g/mol. The van der Waals surface area contributed by atoms with Crippen molar-refractivity contribution in [3.63, 3.8) is 0 Å². The Morgan fingerprint density at radius 1 is 0.885 bits per heavy atom. The van der Waals surface area contributed by atoms with Crippen molar-refractivity contribution in [1.29, 1.82) is 5.26 Å². The molecular formula is C21H19N3O2. The molecule has 2 amide bonds. The van der Waals surface area contributed by atoms with Gasteiger partial charge in [-0.05, 0) is 23.3 Å². The van der Waals surface area contributed by atoms with Crippen LogP contribution in [0.5, 0.6) is 0 Å². The third-order valence-electron chi connectivity index (χ3n) is 5.21. The molecule has 2 fully saturated rings. The number of nitriles is 1. The number of carbonyl (C=O) groups is 2. The van der Waals surface area contributed by atoms with Gasteiger partial charge in [0.1, 0.15) is 0 Å². The van der Waals surface area contributed by atoms with Crippen LogP contribution in [-0.2, 0) is 22.7 Å². The molecular weight excluding hydrogens is 326 g/mol. The van der Waals surface area contributed by atoms with E-state index in [0.29, 0.717) is 18.7 Å². The molecule has 0 N–H and O–H groups in total. The van der Waals surface area contributed by atoms with E-state index in [4.69, 9.17) is 5.26 Å². The standard InChI is InChI=1S/C21H19N3O2/c22-10-16-7-4-8-17(9-16)12-24-20(25)18-13-23(14-19(18)21(24)26)11-15-5-2-1-3-6-15/h1-9,18-19H,11-14H2/t18-,19-/m0/s1. The van der Waals surface area contributed by atoms with Crippen LogP contribution in [0.2, 0.25) is 0 Å². The maximum atomic E-state index is 12.8. The van der Waals surface area contributed by atoms with E-state index in [1.54, 1.807) is 18.2 Å². The molecule has 0 aromatic heterocycles. The molecule has 2 heterocycles. The molecule has 2 aromatic carbocycles. The zero-order chi connectivity index (χ0) is 18.1. The highest BCUT2D eigenvalue weighted by molar-refractivity contribution is 6.05. The number of benzene rings is 2. The van der Waals surface area contributed by atoms with Crippen molar-refractivity contribution in [2.24, 2.45) is 11.8 Å². The van der Waals surface area contributed by atoms with E-state index in [-0.39, 0.29) is 30.2 Å². The first-order chi connectivity index (χ1) is 12.7. The third kappa shape index (κ3) is 3.00. The predicted molar refractivity (Wildman–Crippen MR) is 95.4 cm³/mol. The van der Waals surface area contributed by atoms with Crippen LogP contribution >= 0.6 is 0 Å². The Kier molecular flexibility index (Phi) is 4.27. The van der Waals surface area contributed by atoms with Crippen molar-refractivity contribution < 1.29 is 9.59 Å². The number of nitrogens with zero attached hydrogens (tertiary/aromatic N) is 3. The number of fused-ring (bicyclic) bond motifs is 1. The van der Waals surface area contributed by atoms with E-state index in [2.05, 4.69) is 23.1 Å². The highest BCUT2D eigenvalue weighted by Gasteiger charge is 2.52. The second kappa shape index (κ2) is 6.74. The maximum Gasteiger partial charge on any atom is 0.234 e. The fourth-order valence-electron chi connectivity index (χ4n) is 3.94. The molecule has 4 rings (SSSR count). The Labute approximate surface area is 152 Å². The zero-order valence-electron chi connectivity index (χ0n) is 14.3. The lowest BCUT2D eigenvalue weighted by Gasteiger charge is -2.20. The van der Waals surface area contributed by atoms with E-state index in [1.165, 1.54) is 10.5 Å². The molecule has 2 aromatic rings. The molecule has 2 aliphatic rings. The largest absolute Gasteiger partial charge is 0.297 e. The minimum absolute atomic E-state index is 0.0853. The van der Waals surface area contributed by atoms with Crippen LogP contribution < -0.4 is 0 Å². The number of amides is 2. The molecule has 0 spiro atoms. The lowest BCUT2D eigenvalue weighted by Crippen LogP contribution is -2.35. The molecule has 26 heavy (non-hydrogen) atoms. The van der Waals surface area contributed by atoms with E-state index in [0.717, 1.165) is 12.1 Å². The molecule has 5 heteroatoms. The summed E-state index contributed by atoms with van der Waals surface area (Å²) in [6.45, 7) is 2.26. The van der Waals surface area contributed by atoms with Gasteiger partial charge in [0.2, 0.25) is 11.8 Å². The van der Waals surface area contributed by atoms with E-state index < -0.39 is 0 Å². The minimum Gasteiger partial charge on any atom is -0.297 e. The normalized spacial score (nSPS) is 22.5. The Balaban J connectivity index is 1.45. The second-order valence-electron chi connectivity index (χ2n) is 6.97. The average Bonchev–Trinajstić information content (AvgIpc) is 3.17. The summed E-state index contributed by atoms with van der Waals surface area (Å²) >= 11 is 0. The van der Waals surface area contributed by atoms with Crippen molar-refractivity contribution in [1.82, 2.24) is 9.80 Å². The molecule has 0 saturated carbocycles. The van der Waals surface area contributed by atoms with Gasteiger partial charge in [0, 0.05) is 19.6 Å². The molecule has 130 valence electrons. The topological polar surface area (TPSA) is 64.4 Å². The van der Waals surface area contributed by atoms with E-state index in [9.17, 15) is 9.59 Å². The van der Waals surface area contributed by atoms with Crippen LogP contribution in [0.1, 0.15) is 16.7 Å². The predicted octanol–water partition coefficient (Wildman–Crippen LogP) is 2.18. The van der Waals surface area contributed by atoms with Gasteiger partial charge in [-0.15, -0.1) is 0 Å². The van der Waals surface area contributed by atoms with Crippen LogP contribution in [-0.4, -0.2) is 34.7 Å². The summed E-state index contributed by atoms with van der Waals surface area (Å²) in [4.78, 5) is 29.1. The first-order valence-corrected chi connectivity index (χ1v) is 8.76. The van der Waals surface area contributed by atoms with Crippen LogP contribution in [0.4, 0.5) is 0 Å². The van der Waals surface area contributed by atoms with Gasteiger partial charge in [0.15, 0.2) is 0 Å². The smallest absolute Gasteiger partial charge is 0.234 e. The molecule has 2 atom stereocenters. The Morgan fingerprint density at radius 2 is 1.54 bits per heavy atom. The SMILES string of the molecule is N#Cc1cccc(CN2C(=O)[C@H]3CN(Cc4ccccc4)C[C@@H]3C2=O)c1. The summed E-state index contributed by atoms with van der Waals surface area (Å²) in [5.41, 5.74) is 2.54. The Hall–Kier alpha value is -2.97. The first-order valence-electron chi connectivity index (χ1n) is 8.76. The lowest BCUT2D eigenvalue weighted by molar-refractivity contribution is -0.141. The van der Waals surface area contributed by atoms with Gasteiger partial charge in [0.05, 0.1) is 30.0 Å². The van der Waals surface area contributed by atoms with Gasteiger partial charge in [-0.2, -0.15) is 5.26 Å². The number of likely N-dealkylation sites (tertiary alicyclic amines) is 2. The van der Waals surface area contributed by atoms with Crippen molar-refractivity contribution in [2.45, 2.75) is 13.1 Å². The number of hydrogen-bond acceptors (Lipinski definition) is 4. The number of carbonyl (C=O) groups excluding carboxylic acids is 2. The summed E-state index contributed by atoms with van der Waals surface area (Å²) in [6, 6.07) is 19.3. The van der Waals surface area contributed by atoms with Gasteiger partial charge in [-0.25, -0.2) is 0 Å². The van der Waals surface area contributed by atoms with Crippen LogP contribution in [0.3, 0.4) is 0 Å². The molecule has 2 saturated heterocycles. The van der Waals surface area contributed by atoms with E-state index >= 15 is 0 Å². The molecule has 0 bridgehead atoms. The van der Waals surface area contributed by atoms with Crippen LogP contribution in [0.15, 0.2) is 54.6 Å². The summed E-state index contributed by atoms with van der Waals surface area (Å²) in [7, 11) is 0. The Bertz CT molecular complexity index is 864. The van der Waals surface area contributed by atoms with Crippen molar-refractivity contribution in [3.8, 4) is 6.07 Å². The highest BCUT2D eigenvalue weighted by Crippen LogP contribution is 2.35. The van der Waals surface area contributed by atoms with Gasteiger partial charge >= 0.3 is 0 Å². The fraction of sp³-hybridized carbons (Fsp3) is 0.286. The highest BCUT2D eigenvalue weighted by atomic mass is 16.2. The quantitative estimate of drug-likeness (QED) is 0.797. The molecule has 0 aliphatic carbocycles. The van der Waals surface area contributed by atoms with Gasteiger partial charge in [-0.3, -0.25) is 19.4 Å². The fourth-order valence-corrected chi connectivity index (χ4v) is 3.94. The lowest BCUT2D eigenvalue weighted by atomic mass is 10.00. The zero-order valence-corrected chi connectivity index (χ0v) is 14.3. The van der Waals surface area contributed by atoms with Gasteiger partial charge in [-0.1, -0.05) is 42.5 Å². The molecule has 0 radical (unpaired) electrons. The van der Waals surface area contributed by atoms with Crippen LogP contribution in [0.25, 0.3) is 0 Å². The molecule has 0 unspecified atom stereocenters. The molecule has 2 aliphatic heterocycles. The maximum absolute atomic E-state index is 12.8. The monoisotopic (exact) mass is 345 g/mol. The van der Waals surface area contributed by atoms with Crippen LogP contribution in [0, 0.1) is 23.2 Å². The first kappa shape index (κ1) is 16.5. The van der Waals surface area contributed by atoms with Gasteiger partial charge in [0.25, 0.3) is 0 Å². The van der Waals surface area contributed by atoms with Crippen molar-refractivity contribution >= 4 is 11.8 Å².